The molecule has 4 heteroatoms. The molecule has 10 rings (SSSR count). The fourth-order valence-corrected chi connectivity index (χ4v) is 8.47. The molecule has 2 nitrogen and oxygen atoms in total. The molecule has 0 aliphatic rings. The Hall–Kier alpha value is -5.16. The number of benzene rings is 8. The summed E-state index contributed by atoms with van der Waals surface area (Å²) in [4.78, 5) is 10.2. The van der Waals surface area contributed by atoms with Gasteiger partial charge in [0.25, 0.3) is 0 Å². The number of fused-ring (bicyclic) bond motifs is 7. The maximum absolute atomic E-state index is 5.09. The van der Waals surface area contributed by atoms with Crippen LogP contribution in [0.25, 0.3) is 95.4 Å². The Morgan fingerprint density at radius 1 is 0.318 bits per heavy atom. The maximum Gasteiger partial charge on any atom is 0.124 e. The van der Waals surface area contributed by atoms with E-state index < -0.39 is 0 Å². The summed E-state index contributed by atoms with van der Waals surface area (Å²) in [7, 11) is 0. The summed E-state index contributed by atoms with van der Waals surface area (Å²) in [6, 6.07) is 48.6. The third-order valence-electron chi connectivity index (χ3n) is 8.76. The van der Waals surface area contributed by atoms with Crippen LogP contribution in [0.1, 0.15) is 0 Å². The number of thiazole rings is 2. The highest BCUT2D eigenvalue weighted by molar-refractivity contribution is 7.22. The van der Waals surface area contributed by atoms with Gasteiger partial charge in [-0.15, -0.1) is 22.7 Å². The van der Waals surface area contributed by atoms with Crippen molar-refractivity contribution in [2.75, 3.05) is 0 Å². The van der Waals surface area contributed by atoms with Gasteiger partial charge in [-0.1, -0.05) is 72.8 Å². The van der Waals surface area contributed by atoms with Crippen molar-refractivity contribution in [3.05, 3.63) is 133 Å². The molecular formula is C40H22N2S2. The molecule has 0 saturated carbocycles. The zero-order chi connectivity index (χ0) is 28.8. The van der Waals surface area contributed by atoms with E-state index in [1.165, 1.54) is 63.3 Å². The zero-order valence-electron chi connectivity index (χ0n) is 23.4. The van der Waals surface area contributed by atoms with Crippen LogP contribution in [-0.2, 0) is 0 Å². The number of aromatic nitrogens is 2. The SMILES string of the molecule is c1ccc2cc3cc(-c4nc5cc6cc7sc(-c8ccc9cc%10ccccc%10cc9c8)nc7cc6cc5s4)ccc3cc2c1. The lowest BCUT2D eigenvalue weighted by Crippen LogP contribution is -1.80. The minimum atomic E-state index is 1.04. The number of rotatable bonds is 2. The smallest absolute Gasteiger partial charge is 0.124 e. The van der Waals surface area contributed by atoms with Crippen LogP contribution in [0, 0.1) is 0 Å². The van der Waals surface area contributed by atoms with Crippen LogP contribution in [0.15, 0.2) is 133 Å². The highest BCUT2D eigenvalue weighted by atomic mass is 32.1. The molecule has 0 radical (unpaired) electrons. The van der Waals surface area contributed by atoms with Gasteiger partial charge < -0.3 is 0 Å². The van der Waals surface area contributed by atoms with Crippen LogP contribution in [-0.4, -0.2) is 9.97 Å². The van der Waals surface area contributed by atoms with Crippen molar-refractivity contribution >= 4 is 97.0 Å². The largest absolute Gasteiger partial charge is 0.236 e. The Morgan fingerprint density at radius 3 is 1.11 bits per heavy atom. The Balaban J connectivity index is 1.04. The van der Waals surface area contributed by atoms with Gasteiger partial charge in [-0.25, -0.2) is 9.97 Å². The lowest BCUT2D eigenvalue weighted by Gasteiger charge is -2.04. The van der Waals surface area contributed by atoms with Gasteiger partial charge in [0.2, 0.25) is 0 Å². The minimum Gasteiger partial charge on any atom is -0.236 e. The third kappa shape index (κ3) is 3.85. The van der Waals surface area contributed by atoms with Crippen molar-refractivity contribution in [1.82, 2.24) is 9.97 Å². The normalized spacial score (nSPS) is 12.1. The number of nitrogens with zero attached hydrogens (tertiary/aromatic N) is 2. The van der Waals surface area contributed by atoms with Crippen LogP contribution < -0.4 is 0 Å². The summed E-state index contributed by atoms with van der Waals surface area (Å²) in [6.45, 7) is 0. The van der Waals surface area contributed by atoms with Gasteiger partial charge in [0.15, 0.2) is 0 Å². The van der Waals surface area contributed by atoms with Crippen LogP contribution in [0.5, 0.6) is 0 Å². The lowest BCUT2D eigenvalue weighted by atomic mass is 10.0. The maximum atomic E-state index is 5.09. The van der Waals surface area contributed by atoms with Gasteiger partial charge in [0.1, 0.15) is 10.0 Å². The summed E-state index contributed by atoms with van der Waals surface area (Å²) in [5.41, 5.74) is 4.41. The van der Waals surface area contributed by atoms with Gasteiger partial charge in [-0.05, 0) is 115 Å². The van der Waals surface area contributed by atoms with E-state index in [0.29, 0.717) is 0 Å². The zero-order valence-corrected chi connectivity index (χ0v) is 25.0. The van der Waals surface area contributed by atoms with E-state index >= 15 is 0 Å². The molecule has 0 aliphatic heterocycles. The van der Waals surface area contributed by atoms with Crippen molar-refractivity contribution in [2.45, 2.75) is 0 Å². The molecule has 8 aromatic carbocycles. The first kappa shape index (κ1) is 24.3. The minimum absolute atomic E-state index is 1.04. The molecule has 0 fully saturated rings. The van der Waals surface area contributed by atoms with Gasteiger partial charge in [-0.2, -0.15) is 0 Å². The summed E-state index contributed by atoms with van der Waals surface area (Å²) in [5.74, 6) is 0. The fourth-order valence-electron chi connectivity index (χ4n) is 6.49. The Bertz CT molecular complexity index is 2530. The molecule has 2 aromatic heterocycles. The first-order valence-corrected chi connectivity index (χ1v) is 16.3. The Kier molecular flexibility index (Phi) is 5.06. The predicted molar refractivity (Wildman–Crippen MR) is 191 cm³/mol. The van der Waals surface area contributed by atoms with E-state index in [1.54, 1.807) is 22.7 Å². The predicted octanol–water partition coefficient (Wildman–Crippen LogP) is 12.0. The molecule has 0 spiro atoms. The molecule has 204 valence electrons. The van der Waals surface area contributed by atoms with Crippen LogP contribution in [0.3, 0.4) is 0 Å². The molecule has 0 atom stereocenters. The molecule has 0 N–H and O–H groups in total. The summed E-state index contributed by atoms with van der Waals surface area (Å²) in [5, 5.41) is 14.6. The van der Waals surface area contributed by atoms with Crippen molar-refractivity contribution in [3.63, 3.8) is 0 Å². The second kappa shape index (κ2) is 9.17. The van der Waals surface area contributed by atoms with Gasteiger partial charge in [0, 0.05) is 11.1 Å². The second-order valence-corrected chi connectivity index (χ2v) is 13.6. The Morgan fingerprint density at radius 2 is 0.682 bits per heavy atom. The average Bonchev–Trinajstić information content (AvgIpc) is 3.67. The van der Waals surface area contributed by atoms with Crippen LogP contribution in [0.2, 0.25) is 0 Å². The Labute approximate surface area is 260 Å². The summed E-state index contributed by atoms with van der Waals surface area (Å²) < 4.78 is 2.39. The van der Waals surface area contributed by atoms with Crippen LogP contribution >= 0.6 is 22.7 Å². The van der Waals surface area contributed by atoms with E-state index in [2.05, 4.69) is 133 Å². The monoisotopic (exact) mass is 594 g/mol. The molecule has 44 heavy (non-hydrogen) atoms. The standard InChI is InChI=1S/C40H22N2S2/c1-3-7-25-15-31-17-29(11-9-27(31)13-23(25)5-1)39-41-35-19-33-22-38-36(20-34(33)21-37(35)43-39)42-40(44-38)30-12-10-28-14-24-6-2-4-8-26(24)16-32(28)18-30/h1-22H. The number of hydrogen-bond donors (Lipinski definition) is 0. The van der Waals surface area contributed by atoms with E-state index in [1.807, 2.05) is 0 Å². The topological polar surface area (TPSA) is 25.8 Å². The van der Waals surface area contributed by atoms with E-state index in [4.69, 9.17) is 9.97 Å². The van der Waals surface area contributed by atoms with Crippen molar-refractivity contribution in [1.29, 1.82) is 0 Å². The molecule has 0 amide bonds. The summed E-state index contributed by atoms with van der Waals surface area (Å²) in [6.07, 6.45) is 0. The van der Waals surface area contributed by atoms with Crippen molar-refractivity contribution in [2.24, 2.45) is 0 Å². The molecule has 0 unspecified atom stereocenters. The molecule has 0 aliphatic carbocycles. The van der Waals surface area contributed by atoms with E-state index in [0.717, 1.165) is 32.2 Å². The lowest BCUT2D eigenvalue weighted by molar-refractivity contribution is 1.48. The highest BCUT2D eigenvalue weighted by Gasteiger charge is 2.13. The van der Waals surface area contributed by atoms with Gasteiger partial charge in [0.05, 0.1) is 20.4 Å². The van der Waals surface area contributed by atoms with Gasteiger partial charge in [-0.3, -0.25) is 0 Å². The van der Waals surface area contributed by atoms with Crippen molar-refractivity contribution < 1.29 is 0 Å². The first-order valence-electron chi connectivity index (χ1n) is 14.7. The summed E-state index contributed by atoms with van der Waals surface area (Å²) >= 11 is 3.52. The number of hydrogen-bond acceptors (Lipinski definition) is 4. The molecule has 0 bridgehead atoms. The first-order chi connectivity index (χ1) is 21.7. The molecular weight excluding hydrogens is 573 g/mol. The quantitative estimate of drug-likeness (QED) is 0.186. The average molecular weight is 595 g/mol. The highest BCUT2D eigenvalue weighted by Crippen LogP contribution is 2.38. The molecule has 2 heterocycles. The second-order valence-electron chi connectivity index (χ2n) is 11.5. The fraction of sp³-hybridized carbons (Fsp3) is 0. The third-order valence-corrected chi connectivity index (χ3v) is 10.9. The van der Waals surface area contributed by atoms with Crippen molar-refractivity contribution in [3.8, 4) is 21.1 Å². The van der Waals surface area contributed by atoms with E-state index in [9.17, 15) is 0 Å². The van der Waals surface area contributed by atoms with Gasteiger partial charge >= 0.3 is 0 Å². The molecule has 0 saturated heterocycles. The van der Waals surface area contributed by atoms with E-state index in [-0.39, 0.29) is 0 Å². The molecule has 10 aromatic rings. The van der Waals surface area contributed by atoms with Crippen LogP contribution in [0.4, 0.5) is 0 Å².